The molecule has 1 fully saturated rings. The van der Waals surface area contributed by atoms with E-state index in [9.17, 15) is 0 Å². The normalized spacial score (nSPS) is 21.5. The second-order valence-corrected chi connectivity index (χ2v) is 7.88. The highest BCUT2D eigenvalue weighted by Gasteiger charge is 2.42. The first kappa shape index (κ1) is 18.8. The van der Waals surface area contributed by atoms with Crippen LogP contribution in [0.2, 0.25) is 0 Å². The Hall–Kier alpha value is -3.20. The highest BCUT2D eigenvalue weighted by Crippen LogP contribution is 2.46. The number of nitrogens with zero attached hydrogens (tertiary/aromatic N) is 1. The summed E-state index contributed by atoms with van der Waals surface area (Å²) in [5.74, 6) is 0. The van der Waals surface area contributed by atoms with Crippen molar-refractivity contribution in [1.82, 2.24) is 10.2 Å². The van der Waals surface area contributed by atoms with Crippen LogP contribution in [0.3, 0.4) is 0 Å². The molecular formula is C28H26N2. The Labute approximate surface area is 178 Å². The van der Waals surface area contributed by atoms with E-state index >= 15 is 0 Å². The van der Waals surface area contributed by atoms with E-state index in [2.05, 4.69) is 132 Å². The van der Waals surface area contributed by atoms with Crippen LogP contribution in [0.4, 0.5) is 0 Å². The minimum Gasteiger partial charge on any atom is -0.289 e. The van der Waals surface area contributed by atoms with Crippen LogP contribution in [0.25, 0.3) is 0 Å². The van der Waals surface area contributed by atoms with Crippen molar-refractivity contribution in [2.24, 2.45) is 0 Å². The minimum atomic E-state index is 0.141. The zero-order chi connectivity index (χ0) is 20.2. The lowest BCUT2D eigenvalue weighted by atomic mass is 9.93. The van der Waals surface area contributed by atoms with Crippen LogP contribution in [-0.2, 0) is 6.54 Å². The molecule has 0 bridgehead atoms. The standard InChI is InChI=1S/C28H26N2/c1-5-13-22(14-6-1)21-30-27(24-17-9-3-10-18-24)26(23-15-7-2-8-16-23)29-28(30)25-19-11-4-12-20-25/h1-20,26-29H,21H2/t26-,27-,28+/m1/s1. The molecule has 1 aliphatic heterocycles. The van der Waals surface area contributed by atoms with Crippen LogP contribution in [-0.4, -0.2) is 4.90 Å². The van der Waals surface area contributed by atoms with Gasteiger partial charge in [-0.1, -0.05) is 121 Å². The van der Waals surface area contributed by atoms with Crippen molar-refractivity contribution < 1.29 is 0 Å². The fourth-order valence-corrected chi connectivity index (χ4v) is 4.59. The highest BCUT2D eigenvalue weighted by molar-refractivity contribution is 5.33. The molecule has 0 spiro atoms. The van der Waals surface area contributed by atoms with Gasteiger partial charge < -0.3 is 0 Å². The summed E-state index contributed by atoms with van der Waals surface area (Å²) < 4.78 is 0. The van der Waals surface area contributed by atoms with Crippen LogP contribution in [0, 0.1) is 0 Å². The predicted molar refractivity (Wildman–Crippen MR) is 123 cm³/mol. The summed E-state index contributed by atoms with van der Waals surface area (Å²) >= 11 is 0. The van der Waals surface area contributed by atoms with E-state index in [0.29, 0.717) is 0 Å². The molecule has 0 unspecified atom stereocenters. The van der Waals surface area contributed by atoms with Crippen molar-refractivity contribution in [1.29, 1.82) is 0 Å². The lowest BCUT2D eigenvalue weighted by molar-refractivity contribution is 0.176. The van der Waals surface area contributed by atoms with Crippen molar-refractivity contribution in [2.45, 2.75) is 24.8 Å². The van der Waals surface area contributed by atoms with E-state index < -0.39 is 0 Å². The van der Waals surface area contributed by atoms with E-state index in [1.807, 2.05) is 0 Å². The molecule has 0 aromatic heterocycles. The Bertz CT molecular complexity index is 1050. The molecule has 0 amide bonds. The Morgan fingerprint density at radius 2 is 1.00 bits per heavy atom. The van der Waals surface area contributed by atoms with E-state index in [1.54, 1.807) is 0 Å². The average molecular weight is 391 g/mol. The molecule has 5 rings (SSSR count). The van der Waals surface area contributed by atoms with Crippen LogP contribution in [0.5, 0.6) is 0 Å². The van der Waals surface area contributed by atoms with Gasteiger partial charge >= 0.3 is 0 Å². The third-order valence-corrected chi connectivity index (χ3v) is 5.97. The Balaban J connectivity index is 1.62. The minimum absolute atomic E-state index is 0.141. The fourth-order valence-electron chi connectivity index (χ4n) is 4.59. The lowest BCUT2D eigenvalue weighted by Crippen LogP contribution is -2.28. The molecule has 2 heteroatoms. The van der Waals surface area contributed by atoms with Gasteiger partial charge in [0.2, 0.25) is 0 Å². The average Bonchev–Trinajstić information content (AvgIpc) is 3.20. The van der Waals surface area contributed by atoms with Crippen molar-refractivity contribution in [2.75, 3.05) is 0 Å². The summed E-state index contributed by atoms with van der Waals surface area (Å²) in [4.78, 5) is 2.61. The fraction of sp³-hybridized carbons (Fsp3) is 0.143. The Morgan fingerprint density at radius 1 is 0.533 bits per heavy atom. The molecule has 0 aliphatic carbocycles. The SMILES string of the molecule is c1ccc(CN2[C@@H](c3ccccc3)N[C@H](c3ccccc3)[C@H]2c2ccccc2)cc1. The van der Waals surface area contributed by atoms with Crippen LogP contribution in [0.1, 0.15) is 40.5 Å². The van der Waals surface area contributed by atoms with Gasteiger partial charge in [-0.3, -0.25) is 10.2 Å². The lowest BCUT2D eigenvalue weighted by Gasteiger charge is -2.31. The van der Waals surface area contributed by atoms with Gasteiger partial charge in [0.15, 0.2) is 0 Å². The maximum Gasteiger partial charge on any atom is 0.0874 e. The smallest absolute Gasteiger partial charge is 0.0874 e. The van der Waals surface area contributed by atoms with Gasteiger partial charge in [-0.2, -0.15) is 0 Å². The number of rotatable bonds is 5. The predicted octanol–water partition coefficient (Wildman–Crippen LogP) is 6.27. The molecule has 0 saturated carbocycles. The van der Waals surface area contributed by atoms with Gasteiger partial charge in [0.1, 0.15) is 0 Å². The molecule has 0 radical (unpaired) electrons. The Kier molecular flexibility index (Phi) is 5.43. The van der Waals surface area contributed by atoms with Crippen LogP contribution >= 0.6 is 0 Å². The third-order valence-electron chi connectivity index (χ3n) is 5.97. The van der Waals surface area contributed by atoms with Gasteiger partial charge in [-0.25, -0.2) is 0 Å². The summed E-state index contributed by atoms with van der Waals surface area (Å²) in [6.45, 7) is 0.885. The van der Waals surface area contributed by atoms with Crippen molar-refractivity contribution in [3.63, 3.8) is 0 Å². The highest BCUT2D eigenvalue weighted by atomic mass is 15.4. The molecule has 148 valence electrons. The Morgan fingerprint density at radius 3 is 1.57 bits per heavy atom. The van der Waals surface area contributed by atoms with Crippen molar-refractivity contribution in [3.05, 3.63) is 144 Å². The molecule has 1 heterocycles. The summed E-state index contributed by atoms with van der Waals surface area (Å²) in [7, 11) is 0. The van der Waals surface area contributed by atoms with Gasteiger partial charge in [0.25, 0.3) is 0 Å². The molecule has 4 aromatic carbocycles. The number of benzene rings is 4. The first-order valence-electron chi connectivity index (χ1n) is 10.6. The quantitative estimate of drug-likeness (QED) is 0.432. The first-order valence-corrected chi connectivity index (χ1v) is 10.6. The maximum absolute atomic E-state index is 3.97. The molecule has 2 nitrogen and oxygen atoms in total. The summed E-state index contributed by atoms with van der Waals surface area (Å²) in [5.41, 5.74) is 5.29. The van der Waals surface area contributed by atoms with E-state index in [0.717, 1.165) is 6.54 Å². The summed E-state index contributed by atoms with van der Waals surface area (Å²) in [5, 5.41) is 3.97. The second-order valence-electron chi connectivity index (χ2n) is 7.88. The first-order chi connectivity index (χ1) is 14.9. The monoisotopic (exact) mass is 390 g/mol. The van der Waals surface area contributed by atoms with Crippen LogP contribution < -0.4 is 5.32 Å². The second kappa shape index (κ2) is 8.66. The van der Waals surface area contributed by atoms with Gasteiger partial charge in [0, 0.05) is 6.54 Å². The topological polar surface area (TPSA) is 15.3 Å². The van der Waals surface area contributed by atoms with E-state index in [1.165, 1.54) is 22.3 Å². The van der Waals surface area contributed by atoms with Gasteiger partial charge in [-0.15, -0.1) is 0 Å². The summed E-state index contributed by atoms with van der Waals surface area (Å²) in [6.07, 6.45) is 0.141. The molecule has 30 heavy (non-hydrogen) atoms. The molecule has 3 atom stereocenters. The largest absolute Gasteiger partial charge is 0.289 e. The zero-order valence-corrected chi connectivity index (χ0v) is 16.9. The van der Waals surface area contributed by atoms with Gasteiger partial charge in [-0.05, 0) is 22.3 Å². The number of hydrogen-bond acceptors (Lipinski definition) is 2. The molecule has 4 aromatic rings. The van der Waals surface area contributed by atoms with E-state index in [-0.39, 0.29) is 18.2 Å². The molecule has 1 saturated heterocycles. The van der Waals surface area contributed by atoms with E-state index in [4.69, 9.17) is 0 Å². The zero-order valence-electron chi connectivity index (χ0n) is 16.9. The molecule has 1 N–H and O–H groups in total. The summed E-state index contributed by atoms with van der Waals surface area (Å²) in [6, 6.07) is 43.8. The number of nitrogens with one attached hydrogen (secondary N) is 1. The van der Waals surface area contributed by atoms with Crippen LogP contribution in [0.15, 0.2) is 121 Å². The van der Waals surface area contributed by atoms with Gasteiger partial charge in [0.05, 0.1) is 18.2 Å². The number of hydrogen-bond donors (Lipinski definition) is 1. The third kappa shape index (κ3) is 3.80. The van der Waals surface area contributed by atoms with Crippen molar-refractivity contribution >= 4 is 0 Å². The van der Waals surface area contributed by atoms with Crippen molar-refractivity contribution in [3.8, 4) is 0 Å². The molecular weight excluding hydrogens is 364 g/mol. The molecule has 1 aliphatic rings. The maximum atomic E-state index is 3.97.